The Morgan fingerprint density at radius 2 is 1.75 bits per heavy atom. The van der Waals surface area contributed by atoms with E-state index in [9.17, 15) is 9.59 Å². The maximum absolute atomic E-state index is 12.4. The lowest BCUT2D eigenvalue weighted by atomic mass is 9.96. The quantitative estimate of drug-likeness (QED) is 0.837. The number of ether oxygens (including phenoxy) is 1. The minimum absolute atomic E-state index is 0.0334. The highest BCUT2D eigenvalue weighted by Crippen LogP contribution is 2.24. The molecule has 0 radical (unpaired) electrons. The van der Waals surface area contributed by atoms with Crippen LogP contribution >= 0.6 is 0 Å². The summed E-state index contributed by atoms with van der Waals surface area (Å²) < 4.78 is 5.20. The number of carbonyl (C=O) groups excluding carboxylic acids is 2. The second-order valence-electron chi connectivity index (χ2n) is 7.21. The van der Waals surface area contributed by atoms with E-state index in [0.29, 0.717) is 32.5 Å². The van der Waals surface area contributed by atoms with Crippen molar-refractivity contribution in [2.45, 2.75) is 26.2 Å². The number of rotatable bonds is 6. The van der Waals surface area contributed by atoms with Gasteiger partial charge in [-0.3, -0.25) is 9.59 Å². The average molecular weight is 380 g/mol. The van der Waals surface area contributed by atoms with Crippen LogP contribution in [0.2, 0.25) is 0 Å². The lowest BCUT2D eigenvalue weighted by molar-refractivity contribution is -0.132. The normalized spacial score (nSPS) is 17.0. The van der Waals surface area contributed by atoms with Crippen molar-refractivity contribution in [1.29, 1.82) is 0 Å². The second kappa shape index (κ2) is 9.40. The van der Waals surface area contributed by atoms with E-state index in [2.05, 4.69) is 29.6 Å². The highest BCUT2D eigenvalue weighted by molar-refractivity contribution is 5.82. The molecular weight excluding hydrogens is 352 g/mol. The first-order chi connectivity index (χ1) is 13.6. The summed E-state index contributed by atoms with van der Waals surface area (Å²) in [6.07, 6.45) is 2.00. The zero-order valence-corrected chi connectivity index (χ0v) is 16.6. The fourth-order valence-corrected chi connectivity index (χ4v) is 3.56. The van der Waals surface area contributed by atoms with Gasteiger partial charge in [-0.15, -0.1) is 0 Å². The van der Waals surface area contributed by atoms with Crippen LogP contribution in [0, 0.1) is 5.92 Å². The predicted octanol–water partition coefficient (Wildman–Crippen LogP) is 3.28. The van der Waals surface area contributed by atoms with Crippen molar-refractivity contribution < 1.29 is 14.3 Å². The molecule has 1 fully saturated rings. The highest BCUT2D eigenvalue weighted by atomic mass is 16.5. The zero-order chi connectivity index (χ0) is 19.9. The summed E-state index contributed by atoms with van der Waals surface area (Å²) in [5.74, 6) is 0.793. The van der Waals surface area contributed by atoms with Crippen LogP contribution in [-0.2, 0) is 16.0 Å². The molecule has 0 bridgehead atoms. The fourth-order valence-electron chi connectivity index (χ4n) is 3.56. The van der Waals surface area contributed by atoms with E-state index >= 15 is 0 Å². The Balaban J connectivity index is 1.68. The fraction of sp³-hybridized carbons (Fsp3) is 0.391. The third kappa shape index (κ3) is 4.91. The Hall–Kier alpha value is -2.82. The van der Waals surface area contributed by atoms with Gasteiger partial charge < -0.3 is 15.0 Å². The molecule has 1 atom stereocenters. The third-order valence-corrected chi connectivity index (χ3v) is 5.17. The van der Waals surface area contributed by atoms with E-state index in [1.165, 1.54) is 0 Å². The molecule has 0 aromatic heterocycles. The van der Waals surface area contributed by atoms with Crippen molar-refractivity contribution in [3.8, 4) is 16.9 Å². The number of carbonyl (C=O) groups is 2. The summed E-state index contributed by atoms with van der Waals surface area (Å²) in [7, 11) is 1.66. The van der Waals surface area contributed by atoms with Crippen molar-refractivity contribution in [2.24, 2.45) is 5.92 Å². The minimum Gasteiger partial charge on any atom is -0.497 e. The molecule has 2 aromatic carbocycles. The molecule has 5 heteroatoms. The van der Waals surface area contributed by atoms with Crippen LogP contribution in [0.15, 0.2) is 48.5 Å². The molecule has 148 valence electrons. The van der Waals surface area contributed by atoms with Crippen molar-refractivity contribution >= 4 is 11.8 Å². The van der Waals surface area contributed by atoms with E-state index in [4.69, 9.17) is 4.74 Å². The summed E-state index contributed by atoms with van der Waals surface area (Å²) in [6.45, 7) is 3.62. The van der Waals surface area contributed by atoms with E-state index in [1.807, 2.05) is 36.1 Å². The van der Waals surface area contributed by atoms with Gasteiger partial charge in [0.05, 0.1) is 13.0 Å². The summed E-state index contributed by atoms with van der Waals surface area (Å²) in [6, 6.07) is 16.2. The van der Waals surface area contributed by atoms with Gasteiger partial charge in [0.15, 0.2) is 0 Å². The van der Waals surface area contributed by atoms with Crippen LogP contribution in [0.1, 0.15) is 25.3 Å². The Bertz CT molecular complexity index is 800. The van der Waals surface area contributed by atoms with E-state index in [-0.39, 0.29) is 17.7 Å². The maximum atomic E-state index is 12.4. The average Bonchev–Trinajstić information content (AvgIpc) is 2.90. The van der Waals surface area contributed by atoms with E-state index in [1.54, 1.807) is 7.11 Å². The van der Waals surface area contributed by atoms with Gasteiger partial charge in [-0.2, -0.15) is 0 Å². The molecule has 0 aliphatic carbocycles. The number of benzene rings is 2. The van der Waals surface area contributed by atoms with Crippen molar-refractivity contribution in [3.63, 3.8) is 0 Å². The topological polar surface area (TPSA) is 58.6 Å². The minimum atomic E-state index is -0.213. The molecule has 0 saturated carbocycles. The van der Waals surface area contributed by atoms with Crippen molar-refractivity contribution in [2.75, 3.05) is 26.7 Å². The number of nitrogens with zero attached hydrogens (tertiary/aromatic N) is 1. The third-order valence-electron chi connectivity index (χ3n) is 5.17. The number of hydrogen-bond donors (Lipinski definition) is 1. The summed E-state index contributed by atoms with van der Waals surface area (Å²) in [5, 5.41) is 2.95. The molecule has 1 heterocycles. The number of hydrogen-bond acceptors (Lipinski definition) is 3. The first-order valence-corrected chi connectivity index (χ1v) is 9.89. The molecule has 1 aliphatic rings. The van der Waals surface area contributed by atoms with Gasteiger partial charge in [-0.1, -0.05) is 43.3 Å². The SMILES string of the molecule is CCCC(=O)N1CCNC(=O)C(Cc2ccc(-c3ccc(OC)cc3)cc2)C1. The van der Waals surface area contributed by atoms with Gasteiger partial charge in [0.25, 0.3) is 0 Å². The van der Waals surface area contributed by atoms with Gasteiger partial charge in [0.1, 0.15) is 5.75 Å². The highest BCUT2D eigenvalue weighted by Gasteiger charge is 2.27. The number of nitrogens with one attached hydrogen (secondary N) is 1. The van der Waals surface area contributed by atoms with Crippen LogP contribution in [-0.4, -0.2) is 43.5 Å². The van der Waals surface area contributed by atoms with Gasteiger partial charge in [-0.25, -0.2) is 0 Å². The van der Waals surface area contributed by atoms with Gasteiger partial charge in [0, 0.05) is 26.1 Å². The van der Waals surface area contributed by atoms with Crippen molar-refractivity contribution in [1.82, 2.24) is 10.2 Å². The first-order valence-electron chi connectivity index (χ1n) is 9.89. The predicted molar refractivity (Wildman–Crippen MR) is 110 cm³/mol. The van der Waals surface area contributed by atoms with Crippen LogP contribution in [0.3, 0.4) is 0 Å². The van der Waals surface area contributed by atoms with Gasteiger partial charge in [-0.05, 0) is 41.7 Å². The van der Waals surface area contributed by atoms with Crippen LogP contribution in [0.5, 0.6) is 5.75 Å². The molecule has 2 amide bonds. The van der Waals surface area contributed by atoms with Crippen LogP contribution in [0.4, 0.5) is 0 Å². The summed E-state index contributed by atoms with van der Waals surface area (Å²) >= 11 is 0. The maximum Gasteiger partial charge on any atom is 0.225 e. The molecule has 1 unspecified atom stereocenters. The zero-order valence-electron chi connectivity index (χ0n) is 16.6. The summed E-state index contributed by atoms with van der Waals surface area (Å²) in [5.41, 5.74) is 3.34. The lowest BCUT2D eigenvalue weighted by Gasteiger charge is -2.23. The molecule has 3 rings (SSSR count). The molecular formula is C23H28N2O3. The Kier molecular flexibility index (Phi) is 6.69. The van der Waals surface area contributed by atoms with E-state index in [0.717, 1.165) is 28.9 Å². The lowest BCUT2D eigenvalue weighted by Crippen LogP contribution is -2.37. The van der Waals surface area contributed by atoms with E-state index < -0.39 is 0 Å². The second-order valence-corrected chi connectivity index (χ2v) is 7.21. The molecule has 1 N–H and O–H groups in total. The molecule has 2 aromatic rings. The van der Waals surface area contributed by atoms with Gasteiger partial charge >= 0.3 is 0 Å². The van der Waals surface area contributed by atoms with Crippen LogP contribution < -0.4 is 10.1 Å². The first kappa shape index (κ1) is 19.9. The number of amides is 2. The molecule has 1 aliphatic heterocycles. The Morgan fingerprint density at radius 1 is 1.11 bits per heavy atom. The van der Waals surface area contributed by atoms with Crippen molar-refractivity contribution in [3.05, 3.63) is 54.1 Å². The summed E-state index contributed by atoms with van der Waals surface area (Å²) in [4.78, 5) is 26.5. The standard InChI is InChI=1S/C23H28N2O3/c1-3-4-22(26)25-14-13-24-23(27)20(16-25)15-17-5-7-18(8-6-17)19-9-11-21(28-2)12-10-19/h5-12,20H,3-4,13-16H2,1-2H3,(H,24,27). The van der Waals surface area contributed by atoms with Crippen LogP contribution in [0.25, 0.3) is 11.1 Å². The Morgan fingerprint density at radius 3 is 2.36 bits per heavy atom. The number of methoxy groups -OCH3 is 1. The molecule has 5 nitrogen and oxygen atoms in total. The van der Waals surface area contributed by atoms with Gasteiger partial charge in [0.2, 0.25) is 11.8 Å². The monoisotopic (exact) mass is 380 g/mol. The molecule has 1 saturated heterocycles. The Labute approximate surface area is 166 Å². The molecule has 28 heavy (non-hydrogen) atoms. The largest absolute Gasteiger partial charge is 0.497 e. The molecule has 0 spiro atoms. The smallest absolute Gasteiger partial charge is 0.225 e.